The van der Waals surface area contributed by atoms with Crippen LogP contribution in [0.5, 0.6) is 5.75 Å². The zero-order valence-corrected chi connectivity index (χ0v) is 11.0. The number of phenolic OH excluding ortho intramolecular Hbond substituents is 1. The smallest absolute Gasteiger partial charge is 0.254 e. The fourth-order valence-electron chi connectivity index (χ4n) is 2.48. The van der Waals surface area contributed by atoms with Gasteiger partial charge in [-0.05, 0) is 51.2 Å². The zero-order chi connectivity index (χ0) is 13.1. The van der Waals surface area contributed by atoms with Crippen LogP contribution in [0.4, 0.5) is 0 Å². The molecule has 1 aliphatic rings. The number of carbonyl (C=O) groups excluding carboxylic acids is 1. The van der Waals surface area contributed by atoms with Gasteiger partial charge in [0.2, 0.25) is 0 Å². The second-order valence-corrected chi connectivity index (χ2v) is 5.10. The van der Waals surface area contributed by atoms with Gasteiger partial charge >= 0.3 is 0 Å². The zero-order valence-electron chi connectivity index (χ0n) is 11.0. The topological polar surface area (TPSA) is 43.8 Å². The van der Waals surface area contributed by atoms with Crippen LogP contribution in [-0.4, -0.2) is 54.0 Å². The molecule has 1 amide bonds. The first-order valence-electron chi connectivity index (χ1n) is 6.32. The predicted octanol–water partition coefficient (Wildman–Crippen LogP) is 1.56. The number of rotatable bonds is 3. The average Bonchev–Trinajstić information content (AvgIpc) is 2.76. The van der Waals surface area contributed by atoms with Crippen LogP contribution in [0.2, 0.25) is 0 Å². The Kier molecular flexibility index (Phi) is 3.87. The maximum Gasteiger partial charge on any atom is 0.254 e. The molecule has 4 nitrogen and oxygen atoms in total. The molecule has 98 valence electrons. The fraction of sp³-hybridized carbons (Fsp3) is 0.500. The van der Waals surface area contributed by atoms with Crippen LogP contribution in [0.25, 0.3) is 0 Å². The molecule has 4 heteroatoms. The highest BCUT2D eigenvalue weighted by Crippen LogP contribution is 2.21. The molecule has 0 aromatic heterocycles. The van der Waals surface area contributed by atoms with Gasteiger partial charge in [-0.15, -0.1) is 0 Å². The van der Waals surface area contributed by atoms with Crippen molar-refractivity contribution >= 4 is 5.91 Å². The minimum Gasteiger partial charge on any atom is -0.508 e. The summed E-state index contributed by atoms with van der Waals surface area (Å²) < 4.78 is 0. The van der Waals surface area contributed by atoms with Crippen molar-refractivity contribution in [3.8, 4) is 5.75 Å². The summed E-state index contributed by atoms with van der Waals surface area (Å²) in [6.07, 6.45) is 2.14. The van der Waals surface area contributed by atoms with E-state index >= 15 is 0 Å². The van der Waals surface area contributed by atoms with Crippen LogP contribution in [0.3, 0.4) is 0 Å². The highest BCUT2D eigenvalue weighted by atomic mass is 16.3. The monoisotopic (exact) mass is 248 g/mol. The predicted molar refractivity (Wildman–Crippen MR) is 70.7 cm³/mol. The first-order chi connectivity index (χ1) is 8.58. The first-order valence-corrected chi connectivity index (χ1v) is 6.32. The number of nitrogens with zero attached hydrogens (tertiary/aromatic N) is 2. The van der Waals surface area contributed by atoms with E-state index in [4.69, 9.17) is 0 Å². The van der Waals surface area contributed by atoms with Crippen molar-refractivity contribution < 1.29 is 9.90 Å². The minimum absolute atomic E-state index is 0.0688. The lowest BCUT2D eigenvalue weighted by molar-refractivity contribution is 0.0716. The molecule has 1 aromatic rings. The van der Waals surface area contributed by atoms with Gasteiger partial charge in [0.25, 0.3) is 5.91 Å². The molecule has 1 saturated heterocycles. The summed E-state index contributed by atoms with van der Waals surface area (Å²) in [6.45, 7) is 1.74. The van der Waals surface area contributed by atoms with E-state index < -0.39 is 0 Å². The van der Waals surface area contributed by atoms with Crippen molar-refractivity contribution in [3.05, 3.63) is 29.8 Å². The molecule has 1 aromatic carbocycles. The molecule has 1 heterocycles. The highest BCUT2D eigenvalue weighted by Gasteiger charge is 2.29. The molecule has 0 aliphatic carbocycles. The number of amides is 1. The second-order valence-electron chi connectivity index (χ2n) is 5.10. The van der Waals surface area contributed by atoms with Crippen LogP contribution in [-0.2, 0) is 0 Å². The van der Waals surface area contributed by atoms with Crippen LogP contribution < -0.4 is 0 Å². The summed E-state index contributed by atoms with van der Waals surface area (Å²) in [5, 5.41) is 9.24. The van der Waals surface area contributed by atoms with E-state index in [0.717, 1.165) is 25.9 Å². The van der Waals surface area contributed by atoms with Crippen LogP contribution >= 0.6 is 0 Å². The normalized spacial score (nSPS) is 19.5. The van der Waals surface area contributed by atoms with Crippen LogP contribution in [0.1, 0.15) is 23.2 Å². The number of likely N-dealkylation sites (N-methyl/N-ethyl adjacent to an activating group) is 1. The number of phenols is 1. The van der Waals surface area contributed by atoms with E-state index in [1.54, 1.807) is 24.3 Å². The Balaban J connectivity index is 2.10. The summed E-state index contributed by atoms with van der Waals surface area (Å²) in [5.41, 5.74) is 0.651. The fourth-order valence-corrected chi connectivity index (χ4v) is 2.48. The van der Waals surface area contributed by atoms with Gasteiger partial charge in [0, 0.05) is 24.7 Å². The summed E-state index contributed by atoms with van der Waals surface area (Å²) in [6, 6.07) is 6.79. The van der Waals surface area contributed by atoms with Crippen LogP contribution in [0.15, 0.2) is 24.3 Å². The quantitative estimate of drug-likeness (QED) is 0.882. The van der Waals surface area contributed by atoms with Gasteiger partial charge in [0.05, 0.1) is 0 Å². The number of hydrogen-bond donors (Lipinski definition) is 1. The van der Waals surface area contributed by atoms with E-state index in [9.17, 15) is 9.90 Å². The first kappa shape index (κ1) is 12.9. The summed E-state index contributed by atoms with van der Waals surface area (Å²) >= 11 is 0. The largest absolute Gasteiger partial charge is 0.508 e. The summed E-state index contributed by atoms with van der Waals surface area (Å²) in [5.74, 6) is 0.261. The Morgan fingerprint density at radius 3 is 2.67 bits per heavy atom. The third-order valence-electron chi connectivity index (χ3n) is 3.33. The minimum atomic E-state index is 0.0688. The molecule has 2 rings (SSSR count). The van der Waals surface area contributed by atoms with Gasteiger partial charge < -0.3 is 14.9 Å². The number of hydrogen-bond acceptors (Lipinski definition) is 3. The van der Waals surface area contributed by atoms with Crippen molar-refractivity contribution in [3.63, 3.8) is 0 Å². The molecule has 1 N–H and O–H groups in total. The van der Waals surface area contributed by atoms with Crippen molar-refractivity contribution in [2.75, 3.05) is 27.2 Å². The molecule has 0 spiro atoms. The third-order valence-corrected chi connectivity index (χ3v) is 3.33. The van der Waals surface area contributed by atoms with E-state index in [1.807, 2.05) is 19.0 Å². The molecule has 1 unspecified atom stereocenters. The van der Waals surface area contributed by atoms with Gasteiger partial charge in [0.1, 0.15) is 5.75 Å². The Hall–Kier alpha value is -1.55. The highest BCUT2D eigenvalue weighted by molar-refractivity contribution is 5.94. The molecule has 0 radical (unpaired) electrons. The standard InChI is InChI=1S/C14H20N2O2/c1-15(2)10-12-4-3-9-16(12)14(18)11-5-7-13(17)8-6-11/h5-8,12,17H,3-4,9-10H2,1-2H3. The van der Waals surface area contributed by atoms with Crippen molar-refractivity contribution in [1.82, 2.24) is 9.80 Å². The Labute approximate surface area is 108 Å². The third kappa shape index (κ3) is 2.82. The molecular formula is C14H20N2O2. The lowest BCUT2D eigenvalue weighted by atomic mass is 10.1. The maximum absolute atomic E-state index is 12.4. The van der Waals surface area contributed by atoms with Crippen LogP contribution in [0, 0.1) is 0 Å². The van der Waals surface area contributed by atoms with Crippen molar-refractivity contribution in [2.24, 2.45) is 0 Å². The lowest BCUT2D eigenvalue weighted by Crippen LogP contribution is -2.41. The van der Waals surface area contributed by atoms with Gasteiger partial charge in [-0.3, -0.25) is 4.79 Å². The summed E-state index contributed by atoms with van der Waals surface area (Å²) in [4.78, 5) is 16.4. The van der Waals surface area contributed by atoms with E-state index in [-0.39, 0.29) is 11.7 Å². The molecule has 1 atom stereocenters. The van der Waals surface area contributed by atoms with Crippen molar-refractivity contribution in [2.45, 2.75) is 18.9 Å². The van der Waals surface area contributed by atoms with E-state index in [0.29, 0.717) is 11.6 Å². The molecule has 18 heavy (non-hydrogen) atoms. The van der Waals surface area contributed by atoms with E-state index in [1.165, 1.54) is 0 Å². The Morgan fingerprint density at radius 2 is 2.06 bits per heavy atom. The van der Waals surface area contributed by atoms with Gasteiger partial charge in [0.15, 0.2) is 0 Å². The SMILES string of the molecule is CN(C)CC1CCCN1C(=O)c1ccc(O)cc1. The molecule has 1 aliphatic heterocycles. The van der Waals surface area contributed by atoms with E-state index in [2.05, 4.69) is 4.90 Å². The van der Waals surface area contributed by atoms with Gasteiger partial charge in [-0.2, -0.15) is 0 Å². The average molecular weight is 248 g/mol. The van der Waals surface area contributed by atoms with Gasteiger partial charge in [-0.1, -0.05) is 0 Å². The number of likely N-dealkylation sites (tertiary alicyclic amines) is 1. The van der Waals surface area contributed by atoms with Crippen molar-refractivity contribution in [1.29, 1.82) is 0 Å². The number of carbonyl (C=O) groups is 1. The Bertz CT molecular complexity index is 414. The number of benzene rings is 1. The Morgan fingerprint density at radius 1 is 1.39 bits per heavy atom. The molecule has 0 saturated carbocycles. The maximum atomic E-state index is 12.4. The van der Waals surface area contributed by atoms with Gasteiger partial charge in [-0.25, -0.2) is 0 Å². The number of aromatic hydroxyl groups is 1. The molecule has 1 fully saturated rings. The molecular weight excluding hydrogens is 228 g/mol. The lowest BCUT2D eigenvalue weighted by Gasteiger charge is -2.27. The second kappa shape index (κ2) is 5.40. The molecule has 0 bridgehead atoms. The summed E-state index contributed by atoms with van der Waals surface area (Å²) in [7, 11) is 4.06.